The van der Waals surface area contributed by atoms with Crippen LogP contribution in [0.25, 0.3) is 10.8 Å². The van der Waals surface area contributed by atoms with Gasteiger partial charge in [0.15, 0.2) is 10.8 Å². The van der Waals surface area contributed by atoms with Gasteiger partial charge in [0.05, 0.1) is 12.5 Å². The van der Waals surface area contributed by atoms with Crippen molar-refractivity contribution in [2.75, 3.05) is 6.54 Å². The van der Waals surface area contributed by atoms with E-state index in [0.717, 1.165) is 17.8 Å². The van der Waals surface area contributed by atoms with E-state index < -0.39 is 0 Å². The lowest BCUT2D eigenvalue weighted by atomic mass is 9.84. The predicted octanol–water partition coefficient (Wildman–Crippen LogP) is 3.04. The molecular formula is C16H21N3O2S. The lowest BCUT2D eigenvalue weighted by molar-refractivity contribution is 0.0919. The summed E-state index contributed by atoms with van der Waals surface area (Å²) >= 11 is 1.34. The van der Waals surface area contributed by atoms with E-state index in [1.54, 1.807) is 12.5 Å². The van der Waals surface area contributed by atoms with Crippen molar-refractivity contribution in [1.82, 2.24) is 10.3 Å². The molecule has 6 heteroatoms. The van der Waals surface area contributed by atoms with Gasteiger partial charge in [-0.3, -0.25) is 4.79 Å². The van der Waals surface area contributed by atoms with Gasteiger partial charge in [-0.15, -0.1) is 11.3 Å². The molecule has 22 heavy (non-hydrogen) atoms. The van der Waals surface area contributed by atoms with E-state index in [0.29, 0.717) is 23.1 Å². The lowest BCUT2D eigenvalue weighted by Gasteiger charge is -2.29. The van der Waals surface area contributed by atoms with Crippen molar-refractivity contribution in [2.24, 2.45) is 11.7 Å². The highest BCUT2D eigenvalue weighted by atomic mass is 32.1. The summed E-state index contributed by atoms with van der Waals surface area (Å²) in [4.78, 5) is 17.3. The number of carbonyl (C=O) groups is 1. The summed E-state index contributed by atoms with van der Waals surface area (Å²) in [6.07, 6.45) is 9.28. The number of aromatic nitrogens is 1. The summed E-state index contributed by atoms with van der Waals surface area (Å²) in [6, 6.07) is 3.71. The van der Waals surface area contributed by atoms with Crippen LogP contribution in [0, 0.1) is 5.92 Å². The molecule has 2 aromatic heterocycles. The summed E-state index contributed by atoms with van der Waals surface area (Å²) in [7, 11) is 0. The molecule has 0 spiro atoms. The van der Waals surface area contributed by atoms with Crippen LogP contribution in [0.2, 0.25) is 0 Å². The van der Waals surface area contributed by atoms with Crippen molar-refractivity contribution in [3.05, 3.63) is 29.5 Å². The number of nitrogens with one attached hydrogen (secondary N) is 1. The Bertz CT molecular complexity index is 603. The summed E-state index contributed by atoms with van der Waals surface area (Å²) in [6.45, 7) is 0.486. The molecule has 0 radical (unpaired) electrons. The SMILES string of the molecule is NCC(NC(=O)c1cnc(-c2ccco2)s1)C1CCCCC1. The van der Waals surface area contributed by atoms with Gasteiger partial charge in [-0.05, 0) is 30.9 Å². The fourth-order valence-electron chi connectivity index (χ4n) is 3.04. The standard InChI is InChI=1S/C16H21N3O2S/c17-9-12(11-5-2-1-3-6-11)19-15(20)14-10-18-16(22-14)13-7-4-8-21-13/h4,7-8,10-12H,1-3,5-6,9,17H2,(H,19,20). The van der Waals surface area contributed by atoms with E-state index in [1.165, 1.54) is 30.6 Å². The van der Waals surface area contributed by atoms with E-state index in [2.05, 4.69) is 10.3 Å². The monoisotopic (exact) mass is 319 g/mol. The van der Waals surface area contributed by atoms with Gasteiger partial charge in [-0.2, -0.15) is 0 Å². The average Bonchev–Trinajstić information content (AvgIpc) is 3.23. The second-order valence-corrected chi connectivity index (χ2v) is 6.75. The van der Waals surface area contributed by atoms with Gasteiger partial charge in [-0.25, -0.2) is 4.98 Å². The van der Waals surface area contributed by atoms with Crippen molar-refractivity contribution in [3.63, 3.8) is 0 Å². The molecule has 1 aliphatic rings. The molecule has 1 atom stereocenters. The van der Waals surface area contributed by atoms with Gasteiger partial charge >= 0.3 is 0 Å². The Hall–Kier alpha value is -1.66. The molecule has 3 N–H and O–H groups in total. The van der Waals surface area contributed by atoms with Gasteiger partial charge in [0.2, 0.25) is 0 Å². The number of rotatable bonds is 5. The van der Waals surface area contributed by atoms with E-state index in [-0.39, 0.29) is 11.9 Å². The molecule has 1 aliphatic carbocycles. The Kier molecular flexibility index (Phi) is 4.90. The fraction of sp³-hybridized carbons (Fsp3) is 0.500. The van der Waals surface area contributed by atoms with Crippen LogP contribution in [0.1, 0.15) is 41.8 Å². The highest BCUT2D eigenvalue weighted by Gasteiger charge is 2.25. The molecule has 3 rings (SSSR count). The van der Waals surface area contributed by atoms with Gasteiger partial charge in [0.1, 0.15) is 4.88 Å². The third-order valence-electron chi connectivity index (χ3n) is 4.25. The number of thiazole rings is 1. The van der Waals surface area contributed by atoms with Crippen molar-refractivity contribution in [3.8, 4) is 10.8 Å². The quantitative estimate of drug-likeness (QED) is 0.887. The molecule has 0 aliphatic heterocycles. The molecule has 1 amide bonds. The second kappa shape index (κ2) is 7.07. The zero-order chi connectivity index (χ0) is 15.4. The first-order valence-electron chi connectivity index (χ1n) is 7.78. The minimum atomic E-state index is -0.0867. The first-order chi connectivity index (χ1) is 10.8. The Labute approximate surface area is 133 Å². The number of hydrogen-bond donors (Lipinski definition) is 2. The third-order valence-corrected chi connectivity index (χ3v) is 5.26. The smallest absolute Gasteiger partial charge is 0.263 e. The first kappa shape index (κ1) is 15.2. The van der Waals surface area contributed by atoms with Gasteiger partial charge < -0.3 is 15.5 Å². The zero-order valence-electron chi connectivity index (χ0n) is 12.5. The van der Waals surface area contributed by atoms with Crippen LogP contribution in [-0.4, -0.2) is 23.5 Å². The van der Waals surface area contributed by atoms with Crippen LogP contribution in [0.15, 0.2) is 29.0 Å². The largest absolute Gasteiger partial charge is 0.462 e. The van der Waals surface area contributed by atoms with Crippen LogP contribution in [0.5, 0.6) is 0 Å². The Balaban J connectivity index is 1.65. The maximum atomic E-state index is 12.4. The van der Waals surface area contributed by atoms with Crippen LogP contribution in [-0.2, 0) is 0 Å². The van der Waals surface area contributed by atoms with E-state index in [1.807, 2.05) is 12.1 Å². The number of nitrogens with two attached hydrogens (primary N) is 1. The van der Waals surface area contributed by atoms with Crippen LogP contribution in [0.4, 0.5) is 0 Å². The molecule has 1 fully saturated rings. The third kappa shape index (κ3) is 3.39. The van der Waals surface area contributed by atoms with Crippen molar-refractivity contribution >= 4 is 17.2 Å². The normalized spacial score (nSPS) is 17.3. The molecule has 118 valence electrons. The predicted molar refractivity (Wildman–Crippen MR) is 86.7 cm³/mol. The highest BCUT2D eigenvalue weighted by Crippen LogP contribution is 2.28. The molecular weight excluding hydrogens is 298 g/mol. The molecule has 0 aromatic carbocycles. The summed E-state index contributed by atoms with van der Waals surface area (Å²) in [5.41, 5.74) is 5.87. The van der Waals surface area contributed by atoms with Gasteiger partial charge in [0.25, 0.3) is 5.91 Å². The number of amides is 1. The van der Waals surface area contributed by atoms with Gasteiger partial charge in [0, 0.05) is 12.6 Å². The highest BCUT2D eigenvalue weighted by molar-refractivity contribution is 7.16. The number of hydrogen-bond acceptors (Lipinski definition) is 5. The van der Waals surface area contributed by atoms with E-state index in [4.69, 9.17) is 10.2 Å². The van der Waals surface area contributed by atoms with E-state index in [9.17, 15) is 4.79 Å². The Morgan fingerprint density at radius 3 is 2.95 bits per heavy atom. The summed E-state index contributed by atoms with van der Waals surface area (Å²) in [5, 5.41) is 3.81. The average molecular weight is 319 g/mol. The zero-order valence-corrected chi connectivity index (χ0v) is 13.3. The van der Waals surface area contributed by atoms with Crippen molar-refractivity contribution in [2.45, 2.75) is 38.1 Å². The minimum Gasteiger partial charge on any atom is -0.462 e. The molecule has 1 unspecified atom stereocenters. The minimum absolute atomic E-state index is 0.0574. The van der Waals surface area contributed by atoms with Gasteiger partial charge in [-0.1, -0.05) is 19.3 Å². The molecule has 1 saturated carbocycles. The maximum Gasteiger partial charge on any atom is 0.263 e. The van der Waals surface area contributed by atoms with Crippen LogP contribution in [0.3, 0.4) is 0 Å². The van der Waals surface area contributed by atoms with E-state index >= 15 is 0 Å². The molecule has 0 bridgehead atoms. The van der Waals surface area contributed by atoms with Crippen LogP contribution < -0.4 is 11.1 Å². The topological polar surface area (TPSA) is 81.1 Å². The molecule has 2 aromatic rings. The van der Waals surface area contributed by atoms with Crippen LogP contribution >= 0.6 is 11.3 Å². The Morgan fingerprint density at radius 2 is 2.27 bits per heavy atom. The first-order valence-corrected chi connectivity index (χ1v) is 8.60. The number of carbonyl (C=O) groups excluding carboxylic acids is 1. The van der Waals surface area contributed by atoms with Crippen molar-refractivity contribution in [1.29, 1.82) is 0 Å². The molecule has 2 heterocycles. The second-order valence-electron chi connectivity index (χ2n) is 5.72. The van der Waals surface area contributed by atoms with Crippen molar-refractivity contribution < 1.29 is 9.21 Å². The molecule has 0 saturated heterocycles. The Morgan fingerprint density at radius 1 is 1.45 bits per heavy atom. The number of nitrogens with zero attached hydrogens (tertiary/aromatic N) is 1. The summed E-state index contributed by atoms with van der Waals surface area (Å²) in [5.74, 6) is 1.10. The number of furan rings is 1. The summed E-state index contributed by atoms with van der Waals surface area (Å²) < 4.78 is 5.31. The fourth-order valence-corrected chi connectivity index (χ4v) is 3.83. The lowest BCUT2D eigenvalue weighted by Crippen LogP contribution is -2.45. The molecule has 5 nitrogen and oxygen atoms in total. The maximum absolute atomic E-state index is 12.4.